The molecular formula is C17H17N5O4. The van der Waals surface area contributed by atoms with Gasteiger partial charge in [-0.15, -0.1) is 5.10 Å². The molecule has 26 heavy (non-hydrogen) atoms. The fourth-order valence-corrected chi connectivity index (χ4v) is 2.07. The Morgan fingerprint density at radius 3 is 2.69 bits per heavy atom. The van der Waals surface area contributed by atoms with Crippen LogP contribution in [0.25, 0.3) is 11.2 Å². The minimum atomic E-state index is -1.34. The molecular weight excluding hydrogens is 338 g/mol. The van der Waals surface area contributed by atoms with Crippen LogP contribution in [0.2, 0.25) is 0 Å². The average Bonchev–Trinajstić information content (AvgIpc) is 3.03. The molecule has 9 nitrogen and oxygen atoms in total. The van der Waals surface area contributed by atoms with Crippen molar-refractivity contribution < 1.29 is 19.2 Å². The molecule has 9 heteroatoms. The van der Waals surface area contributed by atoms with Crippen LogP contribution in [0.4, 0.5) is 4.79 Å². The molecule has 1 amide bonds. The van der Waals surface area contributed by atoms with Gasteiger partial charge in [0.05, 0.1) is 0 Å². The van der Waals surface area contributed by atoms with E-state index >= 15 is 0 Å². The summed E-state index contributed by atoms with van der Waals surface area (Å²) < 4.78 is 5.12. The third-order valence-electron chi connectivity index (χ3n) is 3.50. The van der Waals surface area contributed by atoms with Crippen LogP contribution in [0.5, 0.6) is 0 Å². The maximum atomic E-state index is 12.4. The first kappa shape index (κ1) is 17.3. The Hall–Kier alpha value is -3.49. The van der Waals surface area contributed by atoms with Crippen LogP contribution in [0.3, 0.4) is 0 Å². The number of fused-ring (bicyclic) bond motifs is 1. The summed E-state index contributed by atoms with van der Waals surface area (Å²) in [6, 6.07) is 12.5. The van der Waals surface area contributed by atoms with E-state index in [0.717, 1.165) is 10.4 Å². The monoisotopic (exact) mass is 355 g/mol. The van der Waals surface area contributed by atoms with Crippen LogP contribution in [-0.2, 0) is 16.1 Å². The highest BCUT2D eigenvalue weighted by Gasteiger charge is 2.33. The highest BCUT2D eigenvalue weighted by atomic mass is 16.7. The van der Waals surface area contributed by atoms with Gasteiger partial charge in [0.15, 0.2) is 5.52 Å². The van der Waals surface area contributed by atoms with Crippen LogP contribution in [0.15, 0.2) is 48.7 Å². The maximum Gasteiger partial charge on any atom is 0.408 e. The van der Waals surface area contributed by atoms with Gasteiger partial charge in [0.25, 0.3) is 0 Å². The summed E-state index contributed by atoms with van der Waals surface area (Å²) >= 11 is 0. The van der Waals surface area contributed by atoms with Crippen molar-refractivity contribution in [1.29, 1.82) is 0 Å². The van der Waals surface area contributed by atoms with Crippen molar-refractivity contribution >= 4 is 23.2 Å². The number of carbonyl (C=O) groups is 2. The standard InChI is InChI=1S/C17H17N5O4/c1-17(2,19-16(24)25-11-12-7-4-3-5-8-12)15(23)26-22-13-9-6-10-18-14(13)20-21-22/h3-10H,11H2,1-2H3,(H,19,24). The third kappa shape index (κ3) is 3.94. The lowest BCUT2D eigenvalue weighted by Crippen LogP contribution is -2.53. The van der Waals surface area contributed by atoms with Crippen molar-refractivity contribution in [2.75, 3.05) is 0 Å². The summed E-state index contributed by atoms with van der Waals surface area (Å²) in [5.41, 5.74) is 0.273. The normalized spacial score (nSPS) is 11.2. The number of aromatic nitrogens is 4. The molecule has 1 N–H and O–H groups in total. The number of alkyl carbamates (subject to hydrolysis) is 1. The first-order chi connectivity index (χ1) is 12.5. The molecule has 134 valence electrons. The molecule has 0 unspecified atom stereocenters. The van der Waals surface area contributed by atoms with Gasteiger partial charge in [-0.25, -0.2) is 14.6 Å². The molecule has 3 rings (SSSR count). The highest BCUT2D eigenvalue weighted by molar-refractivity contribution is 5.85. The van der Waals surface area contributed by atoms with Gasteiger partial charge in [-0.2, -0.15) is 0 Å². The van der Waals surface area contributed by atoms with E-state index < -0.39 is 17.6 Å². The SMILES string of the molecule is CC(C)(NC(=O)OCc1ccccc1)C(=O)On1nnc2ncccc21. The molecule has 0 radical (unpaired) electrons. The van der Waals surface area contributed by atoms with Crippen molar-refractivity contribution in [3.8, 4) is 0 Å². The first-order valence-electron chi connectivity index (χ1n) is 7.84. The van der Waals surface area contributed by atoms with Gasteiger partial charge in [0, 0.05) is 6.20 Å². The van der Waals surface area contributed by atoms with E-state index in [1.54, 1.807) is 18.3 Å². The number of nitrogens with one attached hydrogen (secondary N) is 1. The molecule has 0 spiro atoms. The zero-order valence-corrected chi connectivity index (χ0v) is 14.2. The van der Waals surface area contributed by atoms with Crippen molar-refractivity contribution in [2.24, 2.45) is 0 Å². The second kappa shape index (κ2) is 7.18. The fourth-order valence-electron chi connectivity index (χ4n) is 2.07. The molecule has 3 aromatic rings. The van der Waals surface area contributed by atoms with Gasteiger partial charge in [0.2, 0.25) is 5.65 Å². The van der Waals surface area contributed by atoms with E-state index in [1.807, 2.05) is 30.3 Å². The van der Waals surface area contributed by atoms with E-state index in [0.29, 0.717) is 11.2 Å². The Labute approximate surface area is 148 Å². The predicted molar refractivity (Wildman–Crippen MR) is 90.8 cm³/mol. The zero-order chi connectivity index (χ0) is 18.6. The number of carbonyl (C=O) groups excluding carboxylic acids is 2. The Bertz CT molecular complexity index is 923. The number of rotatable bonds is 5. The Morgan fingerprint density at radius 1 is 1.15 bits per heavy atom. The van der Waals surface area contributed by atoms with E-state index in [-0.39, 0.29) is 6.61 Å². The molecule has 0 aliphatic carbocycles. The minimum Gasteiger partial charge on any atom is -0.445 e. The molecule has 2 aromatic heterocycles. The maximum absolute atomic E-state index is 12.4. The second-order valence-electron chi connectivity index (χ2n) is 6.00. The van der Waals surface area contributed by atoms with Gasteiger partial charge in [-0.1, -0.05) is 35.2 Å². The number of benzene rings is 1. The van der Waals surface area contributed by atoms with Gasteiger partial charge < -0.3 is 14.9 Å². The zero-order valence-electron chi connectivity index (χ0n) is 14.2. The van der Waals surface area contributed by atoms with Crippen molar-refractivity contribution in [3.63, 3.8) is 0 Å². The summed E-state index contributed by atoms with van der Waals surface area (Å²) in [7, 11) is 0. The molecule has 0 atom stereocenters. The number of amides is 1. The molecule has 1 aromatic carbocycles. The number of ether oxygens (including phenoxy) is 1. The quantitative estimate of drug-likeness (QED) is 0.691. The number of pyridine rings is 1. The lowest BCUT2D eigenvalue weighted by Gasteiger charge is -2.22. The first-order valence-corrected chi connectivity index (χ1v) is 7.84. The summed E-state index contributed by atoms with van der Waals surface area (Å²) in [5.74, 6) is -0.732. The lowest BCUT2D eigenvalue weighted by atomic mass is 10.1. The van der Waals surface area contributed by atoms with E-state index in [2.05, 4.69) is 20.6 Å². The van der Waals surface area contributed by atoms with E-state index in [4.69, 9.17) is 9.57 Å². The number of hydrogen-bond acceptors (Lipinski definition) is 7. The second-order valence-corrected chi connectivity index (χ2v) is 6.00. The summed E-state index contributed by atoms with van der Waals surface area (Å²) in [4.78, 5) is 34.5. The van der Waals surface area contributed by atoms with E-state index in [9.17, 15) is 9.59 Å². The van der Waals surface area contributed by atoms with Gasteiger partial charge in [-0.05, 0) is 36.8 Å². The third-order valence-corrected chi connectivity index (χ3v) is 3.50. The van der Waals surface area contributed by atoms with Gasteiger partial charge >= 0.3 is 12.1 Å². The Balaban J connectivity index is 1.59. The van der Waals surface area contributed by atoms with Crippen LogP contribution in [0.1, 0.15) is 19.4 Å². The predicted octanol–water partition coefficient (Wildman–Crippen LogP) is 1.49. The van der Waals surface area contributed by atoms with Crippen molar-refractivity contribution in [3.05, 3.63) is 54.2 Å². The molecule has 0 aliphatic heterocycles. The number of nitrogens with zero attached hydrogens (tertiary/aromatic N) is 4. The molecule has 0 saturated heterocycles. The largest absolute Gasteiger partial charge is 0.445 e. The highest BCUT2D eigenvalue weighted by Crippen LogP contribution is 2.09. The van der Waals surface area contributed by atoms with Crippen molar-refractivity contribution in [2.45, 2.75) is 26.0 Å². The number of hydrogen-bond donors (Lipinski definition) is 1. The molecule has 0 saturated carbocycles. The van der Waals surface area contributed by atoms with Crippen LogP contribution in [0, 0.1) is 0 Å². The smallest absolute Gasteiger partial charge is 0.408 e. The Morgan fingerprint density at radius 2 is 1.92 bits per heavy atom. The minimum absolute atomic E-state index is 0.0944. The van der Waals surface area contributed by atoms with E-state index in [1.165, 1.54) is 13.8 Å². The summed E-state index contributed by atoms with van der Waals surface area (Å²) in [5, 5.41) is 9.99. The summed E-state index contributed by atoms with van der Waals surface area (Å²) in [6.45, 7) is 3.09. The molecule has 2 heterocycles. The van der Waals surface area contributed by atoms with Crippen LogP contribution >= 0.6 is 0 Å². The van der Waals surface area contributed by atoms with Crippen LogP contribution < -0.4 is 10.2 Å². The van der Waals surface area contributed by atoms with Crippen LogP contribution in [-0.4, -0.2) is 37.7 Å². The average molecular weight is 355 g/mol. The molecule has 0 fully saturated rings. The summed E-state index contributed by atoms with van der Waals surface area (Å²) in [6.07, 6.45) is 0.818. The fraction of sp³-hybridized carbons (Fsp3) is 0.235. The lowest BCUT2D eigenvalue weighted by molar-refractivity contribution is -0.151. The molecule has 0 aliphatic rings. The Kier molecular flexibility index (Phi) is 4.78. The topological polar surface area (TPSA) is 108 Å². The van der Waals surface area contributed by atoms with Gasteiger partial charge in [-0.3, -0.25) is 0 Å². The van der Waals surface area contributed by atoms with Gasteiger partial charge in [0.1, 0.15) is 12.1 Å². The molecule has 0 bridgehead atoms. The van der Waals surface area contributed by atoms with Crippen molar-refractivity contribution in [1.82, 2.24) is 25.5 Å².